The molecule has 0 radical (unpaired) electrons. The Balaban J connectivity index is 2.22. The molecule has 5 nitrogen and oxygen atoms in total. The lowest BCUT2D eigenvalue weighted by atomic mass is 9.96. The number of aromatic nitrogens is 3. The van der Waals surface area contributed by atoms with Gasteiger partial charge >= 0.3 is 0 Å². The number of anilines is 1. The van der Waals surface area contributed by atoms with E-state index in [1.54, 1.807) is 6.92 Å². The maximum atomic E-state index is 5.80. The molecule has 0 aromatic carbocycles. The molecule has 1 aliphatic heterocycles. The number of nitrogens with two attached hydrogens (primary N) is 1. The number of rotatable bonds is 1. The molecule has 0 saturated carbocycles. The van der Waals surface area contributed by atoms with Crippen molar-refractivity contribution in [3.05, 3.63) is 11.5 Å². The fraction of sp³-hybridized carbons (Fsp3) is 0.667. The van der Waals surface area contributed by atoms with E-state index >= 15 is 0 Å². The molecule has 0 atom stereocenters. The topological polar surface area (TPSA) is 73.9 Å². The quantitative estimate of drug-likeness (QED) is 0.710. The third-order valence-electron chi connectivity index (χ3n) is 2.46. The van der Waals surface area contributed by atoms with Crippen molar-refractivity contribution in [2.75, 3.05) is 18.9 Å². The first kappa shape index (κ1) is 9.33. The highest BCUT2D eigenvalue weighted by Gasteiger charge is 2.20. The van der Waals surface area contributed by atoms with Crippen LogP contribution in [-0.4, -0.2) is 28.4 Å². The lowest BCUT2D eigenvalue weighted by molar-refractivity contribution is 0.0844. The zero-order chi connectivity index (χ0) is 9.97. The Morgan fingerprint density at radius 3 is 2.64 bits per heavy atom. The van der Waals surface area contributed by atoms with E-state index in [1.807, 2.05) is 0 Å². The summed E-state index contributed by atoms with van der Waals surface area (Å²) in [5, 5.41) is 8.04. The van der Waals surface area contributed by atoms with Gasteiger partial charge in [-0.2, -0.15) is 0 Å². The summed E-state index contributed by atoms with van der Waals surface area (Å²) >= 11 is 0. The molecule has 76 valence electrons. The van der Waals surface area contributed by atoms with E-state index in [4.69, 9.17) is 10.5 Å². The monoisotopic (exact) mass is 194 g/mol. The smallest absolute Gasteiger partial charge is 0.150 e. The number of ether oxygens (including phenoxy) is 1. The van der Waals surface area contributed by atoms with Gasteiger partial charge in [0.05, 0.1) is 0 Å². The van der Waals surface area contributed by atoms with Crippen LogP contribution in [0.3, 0.4) is 0 Å². The van der Waals surface area contributed by atoms with E-state index in [0.29, 0.717) is 17.6 Å². The van der Waals surface area contributed by atoms with E-state index in [2.05, 4.69) is 15.2 Å². The molecule has 1 aromatic heterocycles. The van der Waals surface area contributed by atoms with Crippen LogP contribution in [0.2, 0.25) is 0 Å². The normalized spacial score (nSPS) is 18.4. The second-order valence-electron chi connectivity index (χ2n) is 3.52. The average Bonchev–Trinajstić information content (AvgIpc) is 2.19. The van der Waals surface area contributed by atoms with Crippen molar-refractivity contribution >= 4 is 5.82 Å². The van der Waals surface area contributed by atoms with Crippen molar-refractivity contribution in [3.8, 4) is 0 Å². The fourth-order valence-corrected chi connectivity index (χ4v) is 1.69. The molecule has 2 rings (SSSR count). The molecular formula is C9H14N4O. The highest BCUT2D eigenvalue weighted by molar-refractivity contribution is 5.35. The molecule has 0 bridgehead atoms. The van der Waals surface area contributed by atoms with E-state index < -0.39 is 0 Å². The van der Waals surface area contributed by atoms with Crippen LogP contribution < -0.4 is 5.73 Å². The van der Waals surface area contributed by atoms with Crippen molar-refractivity contribution in [1.29, 1.82) is 0 Å². The molecule has 1 aromatic rings. The summed E-state index contributed by atoms with van der Waals surface area (Å²) in [4.78, 5) is 4.11. The molecule has 0 spiro atoms. The zero-order valence-corrected chi connectivity index (χ0v) is 8.23. The van der Waals surface area contributed by atoms with Crippen LogP contribution in [0.4, 0.5) is 5.82 Å². The minimum absolute atomic E-state index is 0.365. The van der Waals surface area contributed by atoms with Crippen LogP contribution in [0.1, 0.15) is 30.3 Å². The standard InChI is InChI=1S/C9H14N4O/c1-6-11-9(10)8(13-12-6)7-2-4-14-5-3-7/h7H,2-5H2,1H3,(H2,10,11,12). The Labute approximate surface area is 82.7 Å². The minimum Gasteiger partial charge on any atom is -0.382 e. The number of hydrogen-bond acceptors (Lipinski definition) is 5. The first-order valence-electron chi connectivity index (χ1n) is 4.82. The van der Waals surface area contributed by atoms with E-state index in [9.17, 15) is 0 Å². The molecular weight excluding hydrogens is 180 g/mol. The molecule has 0 aliphatic carbocycles. The molecule has 14 heavy (non-hydrogen) atoms. The van der Waals surface area contributed by atoms with Gasteiger partial charge in [-0.1, -0.05) is 0 Å². The first-order chi connectivity index (χ1) is 6.77. The van der Waals surface area contributed by atoms with Gasteiger partial charge in [0.25, 0.3) is 0 Å². The Morgan fingerprint density at radius 1 is 1.29 bits per heavy atom. The van der Waals surface area contributed by atoms with Gasteiger partial charge in [0.2, 0.25) is 0 Å². The van der Waals surface area contributed by atoms with Crippen LogP contribution in [0.15, 0.2) is 0 Å². The van der Waals surface area contributed by atoms with Crippen LogP contribution in [0.25, 0.3) is 0 Å². The van der Waals surface area contributed by atoms with Gasteiger partial charge in [-0.15, -0.1) is 10.2 Å². The summed E-state index contributed by atoms with van der Waals surface area (Å²) in [6, 6.07) is 0. The third kappa shape index (κ3) is 1.82. The molecule has 1 fully saturated rings. The van der Waals surface area contributed by atoms with Crippen LogP contribution >= 0.6 is 0 Å². The number of nitrogen functional groups attached to an aromatic ring is 1. The summed E-state index contributed by atoms with van der Waals surface area (Å²) in [6.07, 6.45) is 1.92. The number of hydrogen-bond donors (Lipinski definition) is 1. The van der Waals surface area contributed by atoms with Crippen LogP contribution in [-0.2, 0) is 4.74 Å². The second-order valence-corrected chi connectivity index (χ2v) is 3.52. The Morgan fingerprint density at radius 2 is 2.00 bits per heavy atom. The maximum Gasteiger partial charge on any atom is 0.150 e. The molecule has 5 heteroatoms. The molecule has 2 heterocycles. The van der Waals surface area contributed by atoms with Crippen molar-refractivity contribution in [3.63, 3.8) is 0 Å². The summed E-state index contributed by atoms with van der Waals surface area (Å²) < 4.78 is 5.28. The Hall–Kier alpha value is -1.23. The average molecular weight is 194 g/mol. The van der Waals surface area contributed by atoms with Gasteiger partial charge in [0.15, 0.2) is 0 Å². The van der Waals surface area contributed by atoms with Crippen molar-refractivity contribution in [1.82, 2.24) is 15.2 Å². The second kappa shape index (κ2) is 3.88. The fourth-order valence-electron chi connectivity index (χ4n) is 1.69. The predicted octanol–water partition coefficient (Wildman–Crippen LogP) is 0.656. The first-order valence-corrected chi connectivity index (χ1v) is 4.82. The predicted molar refractivity (Wildman–Crippen MR) is 51.8 cm³/mol. The molecule has 1 aliphatic rings. The van der Waals surface area contributed by atoms with Crippen molar-refractivity contribution in [2.45, 2.75) is 25.7 Å². The summed E-state index contributed by atoms with van der Waals surface area (Å²) in [7, 11) is 0. The summed E-state index contributed by atoms with van der Waals surface area (Å²) in [5.74, 6) is 1.51. The molecule has 1 saturated heterocycles. The number of aryl methyl sites for hydroxylation is 1. The highest BCUT2D eigenvalue weighted by Crippen LogP contribution is 2.27. The third-order valence-corrected chi connectivity index (χ3v) is 2.46. The lowest BCUT2D eigenvalue weighted by Crippen LogP contribution is -2.18. The number of nitrogens with zero attached hydrogens (tertiary/aromatic N) is 3. The van der Waals surface area contributed by atoms with Gasteiger partial charge in [0.1, 0.15) is 17.3 Å². The van der Waals surface area contributed by atoms with E-state index in [0.717, 1.165) is 31.7 Å². The Kier molecular flexibility index (Phi) is 2.58. The van der Waals surface area contributed by atoms with Gasteiger partial charge < -0.3 is 10.5 Å². The minimum atomic E-state index is 0.365. The maximum absolute atomic E-state index is 5.80. The largest absolute Gasteiger partial charge is 0.382 e. The van der Waals surface area contributed by atoms with Crippen LogP contribution in [0, 0.1) is 6.92 Å². The summed E-state index contributed by atoms with van der Waals surface area (Å²) in [6.45, 7) is 3.34. The summed E-state index contributed by atoms with van der Waals surface area (Å²) in [5.41, 5.74) is 6.63. The van der Waals surface area contributed by atoms with Gasteiger partial charge in [0, 0.05) is 19.1 Å². The van der Waals surface area contributed by atoms with E-state index in [-0.39, 0.29) is 0 Å². The van der Waals surface area contributed by atoms with Gasteiger partial charge in [-0.05, 0) is 19.8 Å². The van der Waals surface area contributed by atoms with Gasteiger partial charge in [-0.3, -0.25) is 0 Å². The van der Waals surface area contributed by atoms with E-state index in [1.165, 1.54) is 0 Å². The lowest BCUT2D eigenvalue weighted by Gasteiger charge is -2.21. The zero-order valence-electron chi connectivity index (χ0n) is 8.23. The van der Waals surface area contributed by atoms with Gasteiger partial charge in [-0.25, -0.2) is 4.98 Å². The SMILES string of the molecule is Cc1nnc(C2CCOCC2)c(N)n1. The molecule has 0 unspecified atom stereocenters. The van der Waals surface area contributed by atoms with Crippen molar-refractivity contribution < 1.29 is 4.74 Å². The highest BCUT2D eigenvalue weighted by atomic mass is 16.5. The molecule has 2 N–H and O–H groups in total. The van der Waals surface area contributed by atoms with Crippen molar-refractivity contribution in [2.24, 2.45) is 0 Å². The van der Waals surface area contributed by atoms with Crippen LogP contribution in [0.5, 0.6) is 0 Å². The Bertz CT molecular complexity index is 323. The molecule has 0 amide bonds.